The Morgan fingerprint density at radius 2 is 2.33 bits per heavy atom. The summed E-state index contributed by atoms with van der Waals surface area (Å²) in [4.78, 5) is 0. The van der Waals surface area contributed by atoms with Gasteiger partial charge >= 0.3 is 106 Å². The zero-order chi connectivity index (χ0) is 10.8. The van der Waals surface area contributed by atoms with E-state index in [1.165, 1.54) is 28.4 Å². The van der Waals surface area contributed by atoms with Gasteiger partial charge in [0.15, 0.2) is 0 Å². The second kappa shape index (κ2) is 5.06. The third kappa shape index (κ3) is 2.68. The van der Waals surface area contributed by atoms with Gasteiger partial charge in [0.05, 0.1) is 0 Å². The zero-order valence-corrected chi connectivity index (χ0v) is 11.7. The molecule has 4 heteroatoms. The van der Waals surface area contributed by atoms with Gasteiger partial charge < -0.3 is 0 Å². The first-order valence-corrected chi connectivity index (χ1v) is 8.26. The maximum atomic E-state index is 10.2. The SMILES string of the molecule is CC1=C(C(O)C2CCC2)[I-]CNC(Cl)=C1. The van der Waals surface area contributed by atoms with Crippen molar-refractivity contribution in [1.82, 2.24) is 5.32 Å². The van der Waals surface area contributed by atoms with Crippen LogP contribution >= 0.6 is 11.6 Å². The molecule has 0 spiro atoms. The average Bonchev–Trinajstić information content (AvgIpc) is 2.23. The van der Waals surface area contributed by atoms with Gasteiger partial charge in [-0.05, 0) is 0 Å². The number of aliphatic hydroxyl groups is 1. The molecule has 2 aliphatic rings. The maximum absolute atomic E-state index is 10.2. The molecule has 15 heavy (non-hydrogen) atoms. The van der Waals surface area contributed by atoms with Crippen molar-refractivity contribution in [2.75, 3.05) is 4.55 Å². The average molecular weight is 341 g/mol. The Morgan fingerprint density at radius 3 is 2.93 bits per heavy atom. The summed E-state index contributed by atoms with van der Waals surface area (Å²) in [6, 6.07) is 0. The molecule has 0 saturated heterocycles. The van der Waals surface area contributed by atoms with E-state index < -0.39 is 0 Å². The summed E-state index contributed by atoms with van der Waals surface area (Å²) in [5.41, 5.74) is 1.18. The molecule has 1 atom stereocenters. The van der Waals surface area contributed by atoms with Crippen molar-refractivity contribution in [2.45, 2.75) is 32.3 Å². The number of hydrogen-bond donors (Lipinski definition) is 2. The van der Waals surface area contributed by atoms with Crippen LogP contribution < -0.4 is 26.5 Å². The van der Waals surface area contributed by atoms with Gasteiger partial charge in [0.2, 0.25) is 0 Å². The molecule has 1 saturated carbocycles. The summed E-state index contributed by atoms with van der Waals surface area (Å²) in [6.45, 7) is 2.06. The van der Waals surface area contributed by atoms with Crippen molar-refractivity contribution in [2.24, 2.45) is 5.92 Å². The number of allylic oxidation sites excluding steroid dienone is 2. The molecule has 86 valence electrons. The number of hydrogen-bond acceptors (Lipinski definition) is 2. The molecule has 0 bridgehead atoms. The van der Waals surface area contributed by atoms with Gasteiger partial charge in [-0.25, -0.2) is 0 Å². The van der Waals surface area contributed by atoms with Gasteiger partial charge in [0, 0.05) is 0 Å². The van der Waals surface area contributed by atoms with Gasteiger partial charge in [-0.1, -0.05) is 0 Å². The summed E-state index contributed by atoms with van der Waals surface area (Å²) in [5.74, 6) is 0.514. The van der Waals surface area contributed by atoms with Crippen LogP contribution in [0.1, 0.15) is 26.2 Å². The van der Waals surface area contributed by atoms with Crippen LogP contribution in [0.5, 0.6) is 0 Å². The molecule has 0 aromatic rings. The van der Waals surface area contributed by atoms with Crippen molar-refractivity contribution in [3.8, 4) is 0 Å². The van der Waals surface area contributed by atoms with Crippen LogP contribution in [0.3, 0.4) is 0 Å². The Labute approximate surface area is 106 Å². The fraction of sp³-hybridized carbons (Fsp3) is 0.636. The van der Waals surface area contributed by atoms with E-state index in [0.29, 0.717) is 11.1 Å². The van der Waals surface area contributed by atoms with E-state index in [4.69, 9.17) is 11.6 Å². The van der Waals surface area contributed by atoms with Gasteiger partial charge in [0.25, 0.3) is 0 Å². The van der Waals surface area contributed by atoms with Crippen LogP contribution in [0.2, 0.25) is 0 Å². The van der Waals surface area contributed by atoms with E-state index in [1.807, 2.05) is 6.08 Å². The van der Waals surface area contributed by atoms with E-state index >= 15 is 0 Å². The standard InChI is InChI=1S/C11H16ClINO/c1-7-5-9(12)14-6-13-10(7)11(15)8-3-2-4-8/h5,8,11,14-15H,2-4,6H2,1H3/q-1. The molecule has 0 aromatic heterocycles. The van der Waals surface area contributed by atoms with Gasteiger partial charge in [-0.2, -0.15) is 0 Å². The number of nitrogens with one attached hydrogen (secondary N) is 1. The number of halogens is 2. The Balaban J connectivity index is 2.14. The topological polar surface area (TPSA) is 32.3 Å². The second-order valence-corrected chi connectivity index (χ2v) is 7.20. The second-order valence-electron chi connectivity index (χ2n) is 4.10. The van der Waals surface area contributed by atoms with Crippen molar-refractivity contribution in [3.63, 3.8) is 0 Å². The van der Waals surface area contributed by atoms with Crippen LogP contribution in [-0.2, 0) is 0 Å². The van der Waals surface area contributed by atoms with E-state index in [2.05, 4.69) is 12.2 Å². The first kappa shape index (κ1) is 11.7. The van der Waals surface area contributed by atoms with E-state index in [1.54, 1.807) is 0 Å². The Bertz CT molecular complexity index is 310. The molecule has 0 radical (unpaired) electrons. The summed E-state index contributed by atoms with van der Waals surface area (Å²) < 4.78 is 2.21. The number of alkyl halides is 1. The first-order chi connectivity index (χ1) is 7.18. The van der Waals surface area contributed by atoms with Crippen molar-refractivity contribution in [1.29, 1.82) is 0 Å². The zero-order valence-electron chi connectivity index (χ0n) is 8.76. The summed E-state index contributed by atoms with van der Waals surface area (Å²) in [5, 5.41) is 14.1. The third-order valence-electron chi connectivity index (χ3n) is 3.02. The molecule has 1 aliphatic heterocycles. The first-order valence-electron chi connectivity index (χ1n) is 5.27. The van der Waals surface area contributed by atoms with Gasteiger partial charge in [0.1, 0.15) is 0 Å². The van der Waals surface area contributed by atoms with Crippen molar-refractivity contribution >= 4 is 11.6 Å². The minimum absolute atomic E-state index is 0.110. The molecular weight excluding hydrogens is 324 g/mol. The van der Waals surface area contributed by atoms with E-state index in [-0.39, 0.29) is 27.3 Å². The van der Waals surface area contributed by atoms with Crippen LogP contribution in [0.4, 0.5) is 0 Å². The van der Waals surface area contributed by atoms with Crippen molar-refractivity contribution < 1.29 is 26.3 Å². The molecule has 1 aliphatic carbocycles. The van der Waals surface area contributed by atoms with Crippen LogP contribution in [0, 0.1) is 5.92 Å². The van der Waals surface area contributed by atoms with Crippen LogP contribution in [-0.4, -0.2) is 15.8 Å². The predicted molar refractivity (Wildman–Crippen MR) is 58.0 cm³/mol. The molecule has 2 N–H and O–H groups in total. The quantitative estimate of drug-likeness (QED) is 0.390. The fourth-order valence-electron chi connectivity index (χ4n) is 1.86. The summed E-state index contributed by atoms with van der Waals surface area (Å²) in [7, 11) is 0. The Hall–Kier alpha value is 0.260. The Kier molecular flexibility index (Phi) is 3.96. The summed E-state index contributed by atoms with van der Waals surface area (Å²) in [6.07, 6.45) is 5.40. The Morgan fingerprint density at radius 1 is 1.60 bits per heavy atom. The molecule has 1 fully saturated rings. The summed E-state index contributed by atoms with van der Waals surface area (Å²) >= 11 is 5.86. The molecule has 0 aromatic carbocycles. The van der Waals surface area contributed by atoms with Gasteiger partial charge in [-0.3, -0.25) is 0 Å². The normalized spacial score (nSPS) is 25.7. The minimum atomic E-state index is -0.202. The van der Waals surface area contributed by atoms with Crippen LogP contribution in [0.25, 0.3) is 0 Å². The van der Waals surface area contributed by atoms with Crippen LogP contribution in [0.15, 0.2) is 20.4 Å². The van der Waals surface area contributed by atoms with Crippen molar-refractivity contribution in [3.05, 3.63) is 20.4 Å². The van der Waals surface area contributed by atoms with Gasteiger partial charge in [-0.15, -0.1) is 0 Å². The fourth-order valence-corrected chi connectivity index (χ4v) is 5.04. The molecular formula is C11H16ClINO-. The third-order valence-corrected chi connectivity index (χ3v) is 6.34. The van der Waals surface area contributed by atoms with E-state index in [9.17, 15) is 5.11 Å². The number of rotatable bonds is 2. The molecule has 1 heterocycles. The van der Waals surface area contributed by atoms with E-state index in [0.717, 1.165) is 4.55 Å². The molecule has 2 rings (SSSR count). The molecule has 2 nitrogen and oxygen atoms in total. The molecule has 0 amide bonds. The monoisotopic (exact) mass is 340 g/mol. The predicted octanol–water partition coefficient (Wildman–Crippen LogP) is -0.849. The molecule has 1 unspecified atom stereocenters. The number of aliphatic hydroxyl groups excluding tert-OH is 1.